The van der Waals surface area contributed by atoms with Gasteiger partial charge in [-0.3, -0.25) is 0 Å². The number of aryl methyl sites for hydroxylation is 5. The minimum absolute atomic E-state index is 0.339. The van der Waals surface area contributed by atoms with Crippen molar-refractivity contribution in [3.63, 3.8) is 0 Å². The van der Waals surface area contributed by atoms with Gasteiger partial charge in [0.05, 0.1) is 0 Å². The smallest absolute Gasteiger partial charge is 0.120 e. The standard InChI is InChI=1S/C42H41O/c1-29-22-39-19-18-37(34-15-8-14-32-12-6-7-13-33(32)24-34)27-42(41(39)23-30(29)2)38-17-9-16-35-26-40(21-20-36(35)25-38)43-28-31-10-4-3-5-11-31/h3-7,10-13,20-26,37H,8-9,14-19,28H2,1-2H3. The quantitative estimate of drug-likeness (QED) is 0.235. The second-order valence-electron chi connectivity index (χ2n) is 12.6. The normalized spacial score (nSPS) is 18.0. The van der Waals surface area contributed by atoms with E-state index in [1.165, 1.54) is 67.6 Å². The summed E-state index contributed by atoms with van der Waals surface area (Å²) >= 11 is 0. The molecular weight excluding hydrogens is 520 g/mol. The summed E-state index contributed by atoms with van der Waals surface area (Å²) in [6, 6.07) is 31.0. The molecule has 0 bridgehead atoms. The van der Waals surface area contributed by atoms with Crippen LogP contribution in [0.2, 0.25) is 0 Å². The molecule has 0 amide bonds. The molecule has 0 aliphatic heterocycles. The fourth-order valence-corrected chi connectivity index (χ4v) is 7.11. The number of rotatable bonds is 5. The first-order valence-electron chi connectivity index (χ1n) is 16.1. The van der Waals surface area contributed by atoms with E-state index in [0.29, 0.717) is 12.5 Å². The van der Waals surface area contributed by atoms with Crippen molar-refractivity contribution in [1.82, 2.24) is 0 Å². The lowest BCUT2D eigenvalue weighted by molar-refractivity contribution is 0.306. The molecule has 0 saturated carbocycles. The minimum atomic E-state index is 0.339. The van der Waals surface area contributed by atoms with Crippen LogP contribution in [0.25, 0.3) is 17.7 Å². The van der Waals surface area contributed by atoms with Crippen LogP contribution in [-0.2, 0) is 25.9 Å². The highest BCUT2D eigenvalue weighted by molar-refractivity contribution is 5.86. The van der Waals surface area contributed by atoms with Gasteiger partial charge in [-0.15, -0.1) is 0 Å². The Kier molecular flexibility index (Phi) is 7.90. The summed E-state index contributed by atoms with van der Waals surface area (Å²) in [6.45, 7) is 5.11. The molecule has 43 heavy (non-hydrogen) atoms. The predicted octanol–water partition coefficient (Wildman–Crippen LogP) is 10.5. The van der Waals surface area contributed by atoms with Crippen LogP contribution in [0.1, 0.15) is 82.2 Å². The van der Waals surface area contributed by atoms with Gasteiger partial charge in [0.25, 0.3) is 0 Å². The zero-order valence-electron chi connectivity index (χ0n) is 25.6. The molecule has 1 radical (unpaired) electrons. The van der Waals surface area contributed by atoms with Crippen LogP contribution in [-0.4, -0.2) is 0 Å². The predicted molar refractivity (Wildman–Crippen MR) is 180 cm³/mol. The van der Waals surface area contributed by atoms with Gasteiger partial charge >= 0.3 is 0 Å². The molecular formula is C42H41O. The molecule has 1 heteroatoms. The molecule has 0 spiro atoms. The van der Waals surface area contributed by atoms with E-state index in [0.717, 1.165) is 50.7 Å². The average Bonchev–Trinajstić information content (AvgIpc) is 3.46. The largest absolute Gasteiger partial charge is 0.489 e. The lowest BCUT2D eigenvalue weighted by Crippen LogP contribution is -2.03. The van der Waals surface area contributed by atoms with Crippen molar-refractivity contribution in [2.45, 2.75) is 71.8 Å². The highest BCUT2D eigenvalue weighted by atomic mass is 16.5. The van der Waals surface area contributed by atoms with E-state index < -0.39 is 0 Å². The zero-order valence-corrected chi connectivity index (χ0v) is 25.6. The van der Waals surface area contributed by atoms with Gasteiger partial charge in [0, 0.05) is 5.92 Å². The van der Waals surface area contributed by atoms with Gasteiger partial charge in [-0.2, -0.15) is 0 Å². The molecule has 4 aromatic rings. The van der Waals surface area contributed by atoms with E-state index >= 15 is 0 Å². The SMILES string of the molecule is Cc1cc2c(cc1C)C(C1=Cc3ccc(OCc4ccccc4)cc3CCC1)=[C]C(C1=Cc3ccccc3CCC1)CC2. The molecule has 0 saturated heterocycles. The van der Waals surface area contributed by atoms with Crippen molar-refractivity contribution in [1.29, 1.82) is 0 Å². The van der Waals surface area contributed by atoms with E-state index in [1.807, 2.05) is 6.07 Å². The summed E-state index contributed by atoms with van der Waals surface area (Å²) in [5.74, 6) is 1.29. The molecule has 1 atom stereocenters. The molecule has 1 unspecified atom stereocenters. The van der Waals surface area contributed by atoms with Crippen LogP contribution in [0.4, 0.5) is 0 Å². The molecule has 0 fully saturated rings. The van der Waals surface area contributed by atoms with Crippen molar-refractivity contribution < 1.29 is 4.74 Å². The Hall–Kier alpha value is -4.10. The lowest BCUT2D eigenvalue weighted by Gasteiger charge is -2.18. The van der Waals surface area contributed by atoms with Crippen molar-refractivity contribution in [2.75, 3.05) is 0 Å². The first-order valence-corrected chi connectivity index (χ1v) is 16.1. The first kappa shape index (κ1) is 27.7. The van der Waals surface area contributed by atoms with Crippen molar-refractivity contribution >= 4 is 17.7 Å². The van der Waals surface area contributed by atoms with Gasteiger partial charge < -0.3 is 4.74 Å². The Balaban J connectivity index is 1.26. The molecule has 0 heterocycles. The van der Waals surface area contributed by atoms with E-state index in [-0.39, 0.29) is 0 Å². The highest BCUT2D eigenvalue weighted by Crippen LogP contribution is 2.41. The fraction of sp³-hybridized carbons (Fsp3) is 0.286. The molecule has 215 valence electrons. The van der Waals surface area contributed by atoms with Crippen LogP contribution < -0.4 is 4.74 Å². The van der Waals surface area contributed by atoms with Crippen molar-refractivity contribution in [3.8, 4) is 5.75 Å². The molecule has 0 N–H and O–H groups in total. The minimum Gasteiger partial charge on any atom is -0.489 e. The Morgan fingerprint density at radius 3 is 2.35 bits per heavy atom. The monoisotopic (exact) mass is 561 g/mol. The number of benzene rings is 4. The van der Waals surface area contributed by atoms with Crippen molar-refractivity contribution in [3.05, 3.63) is 152 Å². The molecule has 3 aliphatic rings. The van der Waals surface area contributed by atoms with E-state index in [9.17, 15) is 0 Å². The van der Waals surface area contributed by atoms with Gasteiger partial charge in [-0.05, 0) is 145 Å². The van der Waals surface area contributed by atoms with Crippen LogP contribution in [0, 0.1) is 25.8 Å². The van der Waals surface area contributed by atoms with Crippen LogP contribution in [0.15, 0.2) is 96.1 Å². The molecule has 3 aliphatic carbocycles. The molecule has 1 nitrogen and oxygen atoms in total. The Morgan fingerprint density at radius 2 is 1.44 bits per heavy atom. The maximum Gasteiger partial charge on any atom is 0.120 e. The van der Waals surface area contributed by atoms with Gasteiger partial charge in [0.15, 0.2) is 0 Å². The second kappa shape index (κ2) is 12.3. The van der Waals surface area contributed by atoms with E-state index in [1.54, 1.807) is 5.57 Å². The summed E-state index contributed by atoms with van der Waals surface area (Å²) in [4.78, 5) is 0. The molecule has 7 rings (SSSR count). The third kappa shape index (κ3) is 6.04. The zero-order chi connectivity index (χ0) is 29.2. The average molecular weight is 562 g/mol. The third-order valence-corrected chi connectivity index (χ3v) is 9.67. The number of hydrogen-bond acceptors (Lipinski definition) is 1. The number of fused-ring (bicyclic) bond motifs is 3. The summed E-state index contributed by atoms with van der Waals surface area (Å²) in [5, 5.41) is 0. The second-order valence-corrected chi connectivity index (χ2v) is 12.6. The number of ether oxygens (including phenoxy) is 1. The maximum absolute atomic E-state index is 6.20. The molecule has 4 aromatic carbocycles. The number of hydrogen-bond donors (Lipinski definition) is 0. The van der Waals surface area contributed by atoms with Crippen LogP contribution >= 0.6 is 0 Å². The Morgan fingerprint density at radius 1 is 0.674 bits per heavy atom. The van der Waals surface area contributed by atoms with E-state index in [2.05, 4.69) is 111 Å². The summed E-state index contributed by atoms with van der Waals surface area (Å²) in [6.07, 6.45) is 18.2. The van der Waals surface area contributed by atoms with Crippen LogP contribution in [0.5, 0.6) is 5.75 Å². The van der Waals surface area contributed by atoms with E-state index in [4.69, 9.17) is 4.74 Å². The molecule has 0 aromatic heterocycles. The fourth-order valence-electron chi connectivity index (χ4n) is 7.11. The summed E-state index contributed by atoms with van der Waals surface area (Å²) < 4.78 is 6.20. The Bertz CT molecular complexity index is 1730. The van der Waals surface area contributed by atoms with Gasteiger partial charge in [-0.25, -0.2) is 0 Å². The summed E-state index contributed by atoms with van der Waals surface area (Å²) in [7, 11) is 0. The van der Waals surface area contributed by atoms with Gasteiger partial charge in [0.1, 0.15) is 12.4 Å². The summed E-state index contributed by atoms with van der Waals surface area (Å²) in [5.41, 5.74) is 16.8. The van der Waals surface area contributed by atoms with Crippen molar-refractivity contribution in [2.24, 2.45) is 5.92 Å². The maximum atomic E-state index is 6.20. The number of allylic oxidation sites excluding steroid dienone is 4. The Labute approximate surface area is 257 Å². The van der Waals surface area contributed by atoms with Crippen LogP contribution in [0.3, 0.4) is 0 Å². The van der Waals surface area contributed by atoms with Gasteiger partial charge in [0.2, 0.25) is 0 Å². The van der Waals surface area contributed by atoms with Gasteiger partial charge in [-0.1, -0.05) is 90.5 Å². The highest BCUT2D eigenvalue weighted by Gasteiger charge is 2.25. The third-order valence-electron chi connectivity index (χ3n) is 9.67. The first-order chi connectivity index (χ1) is 21.1. The lowest BCUT2D eigenvalue weighted by atomic mass is 9.86. The topological polar surface area (TPSA) is 9.23 Å².